The number of benzene rings is 1. The number of nitrogens with zero attached hydrogens (tertiary/aromatic N) is 2. The third-order valence-corrected chi connectivity index (χ3v) is 8.44. The van der Waals surface area contributed by atoms with Gasteiger partial charge in [0.05, 0.1) is 29.1 Å². The summed E-state index contributed by atoms with van der Waals surface area (Å²) in [5.41, 5.74) is 2.61. The van der Waals surface area contributed by atoms with Crippen molar-refractivity contribution >= 4 is 33.0 Å². The van der Waals surface area contributed by atoms with E-state index < -0.39 is 33.9 Å². The lowest BCUT2D eigenvalue weighted by Crippen LogP contribution is -2.44. The maximum Gasteiger partial charge on any atom is 0.414 e. The molecule has 1 fully saturated rings. The van der Waals surface area contributed by atoms with E-state index in [4.69, 9.17) is 11.6 Å². The summed E-state index contributed by atoms with van der Waals surface area (Å²) in [6.07, 6.45) is -1.82. The highest BCUT2D eigenvalue weighted by molar-refractivity contribution is 7.91. The van der Waals surface area contributed by atoms with Gasteiger partial charge in [0.15, 0.2) is 6.04 Å². The first-order valence-electron chi connectivity index (χ1n) is 11.0. The molecule has 1 amide bonds. The van der Waals surface area contributed by atoms with Crippen LogP contribution in [0, 0.1) is 5.92 Å². The van der Waals surface area contributed by atoms with E-state index in [9.17, 15) is 26.4 Å². The molecule has 1 aromatic carbocycles. The number of pyridine rings is 1. The lowest BCUT2D eigenvalue weighted by molar-refractivity contribution is -0.191. The fraction of sp³-hybridized carbons (Fsp3) is 0.478. The molecule has 6 nitrogen and oxygen atoms in total. The van der Waals surface area contributed by atoms with E-state index in [0.29, 0.717) is 15.6 Å². The molecule has 2 heterocycles. The molecule has 1 aromatic heterocycles. The van der Waals surface area contributed by atoms with Gasteiger partial charge in [-0.25, -0.2) is 8.42 Å². The molecule has 2 aliphatic rings. The number of hydrogen-bond acceptors (Lipinski definition) is 5. The van der Waals surface area contributed by atoms with Gasteiger partial charge in [-0.1, -0.05) is 17.7 Å². The van der Waals surface area contributed by atoms with E-state index in [1.54, 1.807) is 0 Å². The van der Waals surface area contributed by atoms with Crippen molar-refractivity contribution in [3.63, 3.8) is 0 Å². The number of anilines is 1. The Hall–Kier alpha value is -2.33. The van der Waals surface area contributed by atoms with Gasteiger partial charge in [0.25, 0.3) is 0 Å². The predicted molar refractivity (Wildman–Crippen MR) is 123 cm³/mol. The Morgan fingerprint density at radius 2 is 1.82 bits per heavy atom. The second-order valence-electron chi connectivity index (χ2n) is 8.95. The van der Waals surface area contributed by atoms with Crippen LogP contribution in [0.4, 0.5) is 18.9 Å². The highest BCUT2D eigenvalue weighted by Gasteiger charge is 2.47. The number of nitrogens with one attached hydrogen (secondary N) is 1. The number of sulfone groups is 1. The number of amides is 1. The van der Waals surface area contributed by atoms with E-state index >= 15 is 0 Å². The number of carbonyl (C=O) groups is 1. The smallest absolute Gasteiger partial charge is 0.380 e. The molecule has 1 N–H and O–H groups in total. The summed E-state index contributed by atoms with van der Waals surface area (Å²) in [5.74, 6) is -1.85. The third-order valence-electron chi connectivity index (χ3n) is 6.49. The van der Waals surface area contributed by atoms with E-state index in [2.05, 4.69) is 10.3 Å². The SMILES string of the molecule is CN(C(=O)C1CCS(=O)(=O)CC1)C(c1ccc(N[C@H]2Cc3ccc(Cl)cc3C2)cn1)C(F)(F)F. The number of fused-ring (bicyclic) bond motifs is 1. The summed E-state index contributed by atoms with van der Waals surface area (Å²) in [7, 11) is -2.13. The lowest BCUT2D eigenvalue weighted by Gasteiger charge is -2.33. The summed E-state index contributed by atoms with van der Waals surface area (Å²) in [4.78, 5) is 17.5. The Kier molecular flexibility index (Phi) is 6.83. The maximum absolute atomic E-state index is 14.0. The van der Waals surface area contributed by atoms with Crippen LogP contribution in [0.15, 0.2) is 36.5 Å². The first-order valence-corrected chi connectivity index (χ1v) is 13.2. The van der Waals surface area contributed by atoms with Crippen LogP contribution < -0.4 is 5.32 Å². The largest absolute Gasteiger partial charge is 0.414 e. The van der Waals surface area contributed by atoms with Gasteiger partial charge in [-0.2, -0.15) is 13.2 Å². The molecule has 1 aliphatic carbocycles. The van der Waals surface area contributed by atoms with Crippen molar-refractivity contribution in [1.82, 2.24) is 9.88 Å². The molecule has 1 aliphatic heterocycles. The Morgan fingerprint density at radius 1 is 1.15 bits per heavy atom. The van der Waals surface area contributed by atoms with Crippen molar-refractivity contribution in [3.05, 3.63) is 58.4 Å². The van der Waals surface area contributed by atoms with Crippen LogP contribution in [0.2, 0.25) is 5.02 Å². The predicted octanol–water partition coefficient (Wildman–Crippen LogP) is 4.20. The number of alkyl halides is 3. The molecule has 4 rings (SSSR count). The molecule has 11 heteroatoms. The van der Waals surface area contributed by atoms with Gasteiger partial charge in [0, 0.05) is 24.0 Å². The van der Waals surface area contributed by atoms with Gasteiger partial charge >= 0.3 is 6.18 Å². The van der Waals surface area contributed by atoms with Crippen LogP contribution in [0.3, 0.4) is 0 Å². The molecule has 0 radical (unpaired) electrons. The van der Waals surface area contributed by atoms with Crippen LogP contribution in [-0.2, 0) is 27.5 Å². The second kappa shape index (κ2) is 9.37. The molecule has 184 valence electrons. The molecular weight excluding hydrogens is 491 g/mol. The fourth-order valence-corrected chi connectivity index (χ4v) is 6.40. The molecule has 0 bridgehead atoms. The minimum atomic E-state index is -4.74. The zero-order valence-electron chi connectivity index (χ0n) is 18.5. The van der Waals surface area contributed by atoms with E-state index in [1.165, 1.54) is 23.9 Å². The van der Waals surface area contributed by atoms with Crippen molar-refractivity contribution in [3.8, 4) is 0 Å². The first-order chi connectivity index (χ1) is 15.9. The Morgan fingerprint density at radius 3 is 2.44 bits per heavy atom. The Balaban J connectivity index is 1.45. The minimum absolute atomic E-state index is 0.0291. The molecule has 34 heavy (non-hydrogen) atoms. The topological polar surface area (TPSA) is 79.4 Å². The average molecular weight is 516 g/mol. The standard InChI is InChI=1S/C23H25ClF3N3O3S/c1-30(22(31)14-6-8-34(32,33)9-7-14)21(23(25,26)27)20-5-4-18(13-28-20)29-19-11-15-2-3-17(24)10-16(15)12-19/h2-5,10,13-14,19,21,29H,6-9,11-12H2,1H3/t19-,21?/m0/s1. The molecular formula is C23H25ClF3N3O3S. The van der Waals surface area contributed by atoms with Crippen LogP contribution >= 0.6 is 11.6 Å². The summed E-state index contributed by atoms with van der Waals surface area (Å²) < 4.78 is 65.1. The van der Waals surface area contributed by atoms with Crippen molar-refractivity contribution in [2.45, 2.75) is 43.9 Å². The van der Waals surface area contributed by atoms with E-state index in [0.717, 1.165) is 25.5 Å². The summed E-state index contributed by atoms with van der Waals surface area (Å²) in [6.45, 7) is 0. The fourth-order valence-electron chi connectivity index (χ4n) is 4.71. The van der Waals surface area contributed by atoms with Crippen LogP contribution in [0.5, 0.6) is 0 Å². The molecule has 0 spiro atoms. The van der Waals surface area contributed by atoms with Crippen molar-refractivity contribution in [2.75, 3.05) is 23.9 Å². The lowest BCUT2D eigenvalue weighted by atomic mass is 9.99. The number of carbonyl (C=O) groups excluding carboxylic acids is 1. The van der Waals surface area contributed by atoms with Gasteiger partial charge in [-0.05, 0) is 61.1 Å². The van der Waals surface area contributed by atoms with E-state index in [1.807, 2.05) is 18.2 Å². The van der Waals surface area contributed by atoms with Gasteiger partial charge in [-0.3, -0.25) is 9.78 Å². The normalized spacial score (nSPS) is 21.0. The number of halogens is 4. The highest BCUT2D eigenvalue weighted by Crippen LogP contribution is 2.38. The second-order valence-corrected chi connectivity index (χ2v) is 11.7. The van der Waals surface area contributed by atoms with Crippen LogP contribution in [-0.4, -0.2) is 55.0 Å². The molecule has 2 aromatic rings. The quantitative estimate of drug-likeness (QED) is 0.645. The Labute approximate surface area is 201 Å². The van der Waals surface area contributed by atoms with Gasteiger partial charge in [0.1, 0.15) is 9.84 Å². The van der Waals surface area contributed by atoms with E-state index in [-0.39, 0.29) is 36.1 Å². The van der Waals surface area contributed by atoms with Crippen LogP contribution in [0.1, 0.15) is 35.7 Å². The Bertz CT molecular complexity index is 1160. The summed E-state index contributed by atoms with van der Waals surface area (Å²) in [5, 5.41) is 3.96. The molecule has 1 unspecified atom stereocenters. The van der Waals surface area contributed by atoms with Crippen LogP contribution in [0.25, 0.3) is 0 Å². The average Bonchev–Trinajstić information content (AvgIpc) is 3.15. The number of rotatable bonds is 5. The van der Waals surface area contributed by atoms with Gasteiger partial charge < -0.3 is 10.2 Å². The maximum atomic E-state index is 14.0. The molecule has 0 saturated carbocycles. The minimum Gasteiger partial charge on any atom is -0.380 e. The monoisotopic (exact) mass is 515 g/mol. The van der Waals surface area contributed by atoms with Gasteiger partial charge in [0.2, 0.25) is 5.91 Å². The first kappa shape index (κ1) is 24.8. The third kappa shape index (κ3) is 5.49. The summed E-state index contributed by atoms with van der Waals surface area (Å²) in [6, 6.07) is 6.39. The summed E-state index contributed by atoms with van der Waals surface area (Å²) >= 11 is 6.05. The number of aromatic nitrogens is 1. The highest BCUT2D eigenvalue weighted by atomic mass is 35.5. The molecule has 1 saturated heterocycles. The van der Waals surface area contributed by atoms with Crippen molar-refractivity contribution in [2.24, 2.45) is 5.92 Å². The van der Waals surface area contributed by atoms with Crippen molar-refractivity contribution in [1.29, 1.82) is 0 Å². The van der Waals surface area contributed by atoms with Crippen molar-refractivity contribution < 1.29 is 26.4 Å². The number of hydrogen-bond donors (Lipinski definition) is 1. The molecule has 2 atom stereocenters. The zero-order valence-corrected chi connectivity index (χ0v) is 20.1. The zero-order chi connectivity index (χ0) is 24.7. The van der Waals surface area contributed by atoms with Gasteiger partial charge in [-0.15, -0.1) is 0 Å².